The van der Waals surface area contributed by atoms with Crippen molar-refractivity contribution in [3.63, 3.8) is 0 Å². The van der Waals surface area contributed by atoms with E-state index in [-0.39, 0.29) is 5.78 Å². The molecule has 0 amide bonds. The van der Waals surface area contributed by atoms with Gasteiger partial charge in [0.25, 0.3) is 0 Å². The Morgan fingerprint density at radius 3 is 2.69 bits per heavy atom. The Bertz CT molecular complexity index is 504. The van der Waals surface area contributed by atoms with Crippen LogP contribution in [0.4, 0.5) is 0 Å². The molecule has 0 saturated carbocycles. The molecule has 0 aliphatic rings. The first-order chi connectivity index (χ1) is 7.65. The molecular formula is C10H10N2OS3. The van der Waals surface area contributed by atoms with Gasteiger partial charge >= 0.3 is 0 Å². The number of nitrogens with zero attached hydrogens (tertiary/aromatic N) is 2. The van der Waals surface area contributed by atoms with E-state index in [9.17, 15) is 4.79 Å². The molecule has 0 bridgehead atoms. The summed E-state index contributed by atoms with van der Waals surface area (Å²) in [5.41, 5.74) is 0. The number of Topliss-reactive ketones (excluding diaryl/α,β-unsaturated/α-hetero) is 1. The number of hydrogen-bond donors (Lipinski definition) is 0. The van der Waals surface area contributed by atoms with Gasteiger partial charge in [-0.15, -0.1) is 21.5 Å². The minimum atomic E-state index is 0.163. The third-order valence-electron chi connectivity index (χ3n) is 1.85. The average Bonchev–Trinajstić information content (AvgIpc) is 2.84. The van der Waals surface area contributed by atoms with Crippen molar-refractivity contribution in [2.24, 2.45) is 0 Å². The lowest BCUT2D eigenvalue weighted by atomic mass is 10.3. The highest BCUT2D eigenvalue weighted by atomic mass is 32.2. The van der Waals surface area contributed by atoms with E-state index >= 15 is 0 Å². The van der Waals surface area contributed by atoms with Crippen molar-refractivity contribution in [3.05, 3.63) is 26.9 Å². The van der Waals surface area contributed by atoms with Crippen molar-refractivity contribution in [2.75, 3.05) is 5.75 Å². The van der Waals surface area contributed by atoms with Gasteiger partial charge in [0, 0.05) is 4.88 Å². The second kappa shape index (κ2) is 5.07. The summed E-state index contributed by atoms with van der Waals surface area (Å²) in [5, 5.41) is 8.81. The summed E-state index contributed by atoms with van der Waals surface area (Å²) in [6, 6.07) is 3.85. The van der Waals surface area contributed by atoms with E-state index in [1.807, 2.05) is 26.0 Å². The zero-order valence-electron chi connectivity index (χ0n) is 8.89. The number of ketones is 1. The van der Waals surface area contributed by atoms with Gasteiger partial charge in [0.15, 0.2) is 10.1 Å². The van der Waals surface area contributed by atoms with E-state index in [0.29, 0.717) is 5.75 Å². The zero-order valence-corrected chi connectivity index (χ0v) is 11.3. The molecule has 2 aromatic rings. The van der Waals surface area contributed by atoms with Crippen LogP contribution in [0.15, 0.2) is 16.5 Å². The molecule has 0 aromatic carbocycles. The minimum absolute atomic E-state index is 0.163. The number of carbonyl (C=O) groups excluding carboxylic acids is 1. The van der Waals surface area contributed by atoms with Crippen molar-refractivity contribution in [2.45, 2.75) is 18.2 Å². The van der Waals surface area contributed by atoms with Gasteiger partial charge in [-0.2, -0.15) is 0 Å². The third-order valence-corrected chi connectivity index (χ3v) is 4.86. The smallest absolute Gasteiger partial charge is 0.183 e. The Balaban J connectivity index is 1.93. The first-order valence-corrected chi connectivity index (χ1v) is 7.29. The van der Waals surface area contributed by atoms with Gasteiger partial charge in [-0.3, -0.25) is 4.79 Å². The molecule has 3 nitrogen and oxygen atoms in total. The first-order valence-electron chi connectivity index (χ1n) is 4.67. The summed E-state index contributed by atoms with van der Waals surface area (Å²) in [4.78, 5) is 13.8. The van der Waals surface area contributed by atoms with Crippen LogP contribution >= 0.6 is 34.4 Å². The first kappa shape index (κ1) is 11.8. The van der Waals surface area contributed by atoms with Gasteiger partial charge in [-0.05, 0) is 26.0 Å². The topological polar surface area (TPSA) is 42.9 Å². The van der Waals surface area contributed by atoms with Crippen LogP contribution in [0.1, 0.15) is 19.6 Å². The highest BCUT2D eigenvalue weighted by Gasteiger charge is 2.10. The van der Waals surface area contributed by atoms with Crippen molar-refractivity contribution >= 4 is 40.2 Å². The van der Waals surface area contributed by atoms with Crippen molar-refractivity contribution in [1.29, 1.82) is 0 Å². The molecule has 84 valence electrons. The van der Waals surface area contributed by atoms with Gasteiger partial charge in [-0.25, -0.2) is 0 Å². The highest BCUT2D eigenvalue weighted by Crippen LogP contribution is 2.24. The van der Waals surface area contributed by atoms with Crippen molar-refractivity contribution in [1.82, 2.24) is 10.2 Å². The van der Waals surface area contributed by atoms with Crippen LogP contribution in [0.3, 0.4) is 0 Å². The lowest BCUT2D eigenvalue weighted by Gasteiger charge is -1.94. The van der Waals surface area contributed by atoms with Crippen LogP contribution in [0.2, 0.25) is 0 Å². The van der Waals surface area contributed by atoms with E-state index < -0.39 is 0 Å². The highest BCUT2D eigenvalue weighted by molar-refractivity contribution is 8.01. The molecule has 0 unspecified atom stereocenters. The third kappa shape index (κ3) is 2.90. The number of aryl methyl sites for hydroxylation is 2. The molecule has 0 fully saturated rings. The van der Waals surface area contributed by atoms with E-state index in [0.717, 1.165) is 14.2 Å². The molecular weight excluding hydrogens is 260 g/mol. The fourth-order valence-corrected chi connectivity index (χ4v) is 3.71. The molecule has 2 rings (SSSR count). The van der Waals surface area contributed by atoms with Crippen LogP contribution in [0, 0.1) is 13.8 Å². The molecule has 0 spiro atoms. The lowest BCUT2D eigenvalue weighted by molar-refractivity contribution is 0.102. The molecule has 2 heterocycles. The van der Waals surface area contributed by atoms with Crippen molar-refractivity contribution in [3.8, 4) is 0 Å². The van der Waals surface area contributed by atoms with Crippen LogP contribution in [0.25, 0.3) is 0 Å². The number of aromatic nitrogens is 2. The minimum Gasteiger partial charge on any atom is -0.292 e. The number of thiophene rings is 1. The largest absolute Gasteiger partial charge is 0.292 e. The van der Waals surface area contributed by atoms with Gasteiger partial charge in [-0.1, -0.05) is 23.1 Å². The summed E-state index contributed by atoms with van der Waals surface area (Å²) in [7, 11) is 0. The maximum atomic E-state index is 11.8. The Hall–Kier alpha value is -0.720. The molecule has 0 aliphatic carbocycles. The Morgan fingerprint density at radius 1 is 1.31 bits per heavy atom. The molecule has 6 heteroatoms. The number of carbonyl (C=O) groups is 1. The molecule has 0 saturated heterocycles. The molecule has 0 radical (unpaired) electrons. The SMILES string of the molecule is Cc1ccc(C(=O)CSc2nnc(C)s2)s1. The normalized spacial score (nSPS) is 10.6. The Labute approximate surface area is 106 Å². The second-order valence-corrected chi connectivity index (χ2v) is 6.90. The van der Waals surface area contributed by atoms with Crippen LogP contribution in [-0.2, 0) is 0 Å². The summed E-state index contributed by atoms with van der Waals surface area (Å²) in [5.74, 6) is 0.602. The molecule has 0 aliphatic heterocycles. The Kier molecular flexibility index (Phi) is 3.73. The summed E-state index contributed by atoms with van der Waals surface area (Å²) in [6.07, 6.45) is 0. The fourth-order valence-electron chi connectivity index (χ4n) is 1.12. The molecule has 0 N–H and O–H groups in total. The van der Waals surface area contributed by atoms with Crippen LogP contribution in [0.5, 0.6) is 0 Å². The second-order valence-electron chi connectivity index (χ2n) is 3.21. The zero-order chi connectivity index (χ0) is 11.5. The van der Waals surface area contributed by atoms with Crippen molar-refractivity contribution < 1.29 is 4.79 Å². The lowest BCUT2D eigenvalue weighted by Crippen LogP contribution is -1.98. The number of hydrogen-bond acceptors (Lipinski definition) is 6. The standard InChI is InChI=1S/C10H10N2OS3/c1-6-3-4-9(15-6)8(13)5-14-10-12-11-7(2)16-10/h3-4H,5H2,1-2H3. The molecule has 0 atom stereocenters. The van der Waals surface area contributed by atoms with E-state index in [1.54, 1.807) is 11.3 Å². The van der Waals surface area contributed by atoms with Crippen LogP contribution in [-0.4, -0.2) is 21.7 Å². The number of rotatable bonds is 4. The van der Waals surface area contributed by atoms with Gasteiger partial charge < -0.3 is 0 Å². The predicted octanol–water partition coefficient (Wildman–Crippen LogP) is 3.19. The van der Waals surface area contributed by atoms with Gasteiger partial charge in [0.05, 0.1) is 10.6 Å². The Morgan fingerprint density at radius 2 is 2.12 bits per heavy atom. The summed E-state index contributed by atoms with van der Waals surface area (Å²) < 4.78 is 0.860. The fraction of sp³-hybridized carbons (Fsp3) is 0.300. The van der Waals surface area contributed by atoms with E-state index in [1.165, 1.54) is 28.0 Å². The van der Waals surface area contributed by atoms with E-state index in [4.69, 9.17) is 0 Å². The molecule has 2 aromatic heterocycles. The quantitative estimate of drug-likeness (QED) is 0.632. The molecule has 16 heavy (non-hydrogen) atoms. The maximum absolute atomic E-state index is 11.8. The maximum Gasteiger partial charge on any atom is 0.183 e. The monoisotopic (exact) mass is 270 g/mol. The van der Waals surface area contributed by atoms with Gasteiger partial charge in [0.1, 0.15) is 5.01 Å². The average molecular weight is 270 g/mol. The summed E-state index contributed by atoms with van der Waals surface area (Å²) >= 11 is 4.52. The van der Waals surface area contributed by atoms with E-state index in [2.05, 4.69) is 10.2 Å². The summed E-state index contributed by atoms with van der Waals surface area (Å²) in [6.45, 7) is 3.91. The van der Waals surface area contributed by atoms with Gasteiger partial charge in [0.2, 0.25) is 0 Å². The number of thioether (sulfide) groups is 1. The predicted molar refractivity (Wildman–Crippen MR) is 68.8 cm³/mol. The van der Waals surface area contributed by atoms with Crippen LogP contribution < -0.4 is 0 Å².